The van der Waals surface area contributed by atoms with Crippen molar-refractivity contribution < 1.29 is 14.9 Å². The lowest BCUT2D eigenvalue weighted by Gasteiger charge is -2.09. The first-order valence-corrected chi connectivity index (χ1v) is 5.81. The summed E-state index contributed by atoms with van der Waals surface area (Å²) in [6.07, 6.45) is 0. The third-order valence-corrected chi connectivity index (χ3v) is 2.83. The smallest absolute Gasteiger partial charge is 0.127 e. The minimum atomic E-state index is 0.0323. The SMILES string of the molecule is Cc1cc(Oc2ccc(CO)cc2)ccc1CO. The molecule has 0 aliphatic carbocycles. The molecule has 2 N–H and O–H groups in total. The number of ether oxygens (including phenoxy) is 1. The number of hydrogen-bond donors (Lipinski definition) is 2. The summed E-state index contributed by atoms with van der Waals surface area (Å²) in [5, 5.41) is 18.0. The van der Waals surface area contributed by atoms with Gasteiger partial charge in [-0.3, -0.25) is 0 Å². The van der Waals surface area contributed by atoms with Crippen molar-refractivity contribution >= 4 is 0 Å². The van der Waals surface area contributed by atoms with E-state index in [-0.39, 0.29) is 13.2 Å². The van der Waals surface area contributed by atoms with E-state index in [2.05, 4.69) is 0 Å². The molecule has 0 heterocycles. The molecule has 0 radical (unpaired) electrons. The van der Waals surface area contributed by atoms with Gasteiger partial charge in [-0.2, -0.15) is 0 Å². The molecule has 0 amide bonds. The van der Waals surface area contributed by atoms with Gasteiger partial charge in [-0.25, -0.2) is 0 Å². The molecule has 94 valence electrons. The molecule has 2 rings (SSSR count). The Morgan fingerprint density at radius 2 is 1.56 bits per heavy atom. The Bertz CT molecular complexity index is 518. The van der Waals surface area contributed by atoms with Gasteiger partial charge >= 0.3 is 0 Å². The van der Waals surface area contributed by atoms with Crippen LogP contribution in [0.1, 0.15) is 16.7 Å². The van der Waals surface area contributed by atoms with Crippen molar-refractivity contribution in [3.63, 3.8) is 0 Å². The maximum Gasteiger partial charge on any atom is 0.127 e. The van der Waals surface area contributed by atoms with E-state index in [1.807, 2.05) is 49.4 Å². The predicted octanol–water partition coefficient (Wildman–Crippen LogP) is 2.77. The van der Waals surface area contributed by atoms with Crippen LogP contribution in [-0.2, 0) is 13.2 Å². The van der Waals surface area contributed by atoms with Crippen molar-refractivity contribution in [1.82, 2.24) is 0 Å². The van der Waals surface area contributed by atoms with Crippen LogP contribution in [0.5, 0.6) is 11.5 Å². The largest absolute Gasteiger partial charge is 0.457 e. The minimum Gasteiger partial charge on any atom is -0.457 e. The molecule has 0 aliphatic heterocycles. The van der Waals surface area contributed by atoms with Crippen LogP contribution >= 0.6 is 0 Å². The second-order valence-corrected chi connectivity index (χ2v) is 4.15. The van der Waals surface area contributed by atoms with E-state index in [1.54, 1.807) is 0 Å². The van der Waals surface area contributed by atoms with Crippen LogP contribution in [0, 0.1) is 6.92 Å². The van der Waals surface area contributed by atoms with Crippen molar-refractivity contribution in [2.75, 3.05) is 0 Å². The lowest BCUT2D eigenvalue weighted by atomic mass is 10.1. The lowest BCUT2D eigenvalue weighted by molar-refractivity contribution is 0.281. The molecule has 0 saturated carbocycles. The summed E-state index contributed by atoms with van der Waals surface area (Å²) < 4.78 is 5.69. The number of aliphatic hydroxyl groups excluding tert-OH is 2. The van der Waals surface area contributed by atoms with Crippen molar-refractivity contribution in [2.45, 2.75) is 20.1 Å². The third kappa shape index (κ3) is 2.88. The van der Waals surface area contributed by atoms with Crippen LogP contribution in [0.3, 0.4) is 0 Å². The van der Waals surface area contributed by atoms with Crippen LogP contribution in [0.2, 0.25) is 0 Å². The fourth-order valence-electron chi connectivity index (χ4n) is 1.71. The summed E-state index contributed by atoms with van der Waals surface area (Å²) in [5.74, 6) is 1.46. The average molecular weight is 244 g/mol. The van der Waals surface area contributed by atoms with Gasteiger partial charge in [0.2, 0.25) is 0 Å². The zero-order chi connectivity index (χ0) is 13.0. The number of aryl methyl sites for hydroxylation is 1. The Morgan fingerprint density at radius 1 is 0.889 bits per heavy atom. The highest BCUT2D eigenvalue weighted by molar-refractivity contribution is 5.38. The van der Waals surface area contributed by atoms with Crippen molar-refractivity contribution in [3.8, 4) is 11.5 Å². The Labute approximate surface area is 106 Å². The average Bonchev–Trinajstić information content (AvgIpc) is 2.40. The number of rotatable bonds is 4. The van der Waals surface area contributed by atoms with E-state index < -0.39 is 0 Å². The standard InChI is InChI=1S/C15H16O3/c1-11-8-15(7-4-13(11)10-17)18-14-5-2-12(9-16)3-6-14/h2-8,16-17H,9-10H2,1H3. The van der Waals surface area contributed by atoms with Gasteiger partial charge in [0, 0.05) is 0 Å². The van der Waals surface area contributed by atoms with E-state index in [0.29, 0.717) is 0 Å². The van der Waals surface area contributed by atoms with Gasteiger partial charge in [-0.05, 0) is 47.9 Å². The molecule has 0 spiro atoms. The molecule has 0 atom stereocenters. The molecule has 0 fully saturated rings. The van der Waals surface area contributed by atoms with Gasteiger partial charge in [-0.1, -0.05) is 18.2 Å². The molecule has 3 nitrogen and oxygen atoms in total. The predicted molar refractivity (Wildman–Crippen MR) is 69.5 cm³/mol. The highest BCUT2D eigenvalue weighted by atomic mass is 16.5. The molecule has 18 heavy (non-hydrogen) atoms. The van der Waals surface area contributed by atoms with E-state index in [9.17, 15) is 0 Å². The van der Waals surface area contributed by atoms with Crippen molar-refractivity contribution in [1.29, 1.82) is 0 Å². The van der Waals surface area contributed by atoms with E-state index >= 15 is 0 Å². The summed E-state index contributed by atoms with van der Waals surface area (Å²) in [5.41, 5.74) is 2.76. The van der Waals surface area contributed by atoms with Gasteiger partial charge < -0.3 is 14.9 Å². The van der Waals surface area contributed by atoms with Crippen molar-refractivity contribution in [3.05, 3.63) is 59.2 Å². The Morgan fingerprint density at radius 3 is 2.11 bits per heavy atom. The summed E-state index contributed by atoms with van der Waals surface area (Å²) in [7, 11) is 0. The Hall–Kier alpha value is -1.84. The first-order chi connectivity index (χ1) is 8.72. The normalized spacial score (nSPS) is 10.4. The monoisotopic (exact) mass is 244 g/mol. The highest BCUT2D eigenvalue weighted by Crippen LogP contribution is 2.24. The van der Waals surface area contributed by atoms with Gasteiger partial charge in [-0.15, -0.1) is 0 Å². The number of hydrogen-bond acceptors (Lipinski definition) is 3. The minimum absolute atomic E-state index is 0.0323. The maximum absolute atomic E-state index is 9.09. The first kappa shape index (κ1) is 12.6. The molecule has 0 aliphatic rings. The second kappa shape index (κ2) is 5.67. The fraction of sp³-hybridized carbons (Fsp3) is 0.200. The van der Waals surface area contributed by atoms with Gasteiger partial charge in [0.15, 0.2) is 0 Å². The Kier molecular flexibility index (Phi) is 3.97. The van der Waals surface area contributed by atoms with Crippen LogP contribution in [0.15, 0.2) is 42.5 Å². The third-order valence-electron chi connectivity index (χ3n) is 2.83. The first-order valence-electron chi connectivity index (χ1n) is 5.81. The molecule has 0 bridgehead atoms. The maximum atomic E-state index is 9.09. The van der Waals surface area contributed by atoms with E-state index in [4.69, 9.17) is 14.9 Å². The summed E-state index contributed by atoms with van der Waals surface area (Å²) in [4.78, 5) is 0. The zero-order valence-electron chi connectivity index (χ0n) is 10.3. The molecular weight excluding hydrogens is 228 g/mol. The van der Waals surface area contributed by atoms with Gasteiger partial charge in [0.1, 0.15) is 11.5 Å². The molecule has 0 unspecified atom stereocenters. The molecule has 2 aromatic rings. The zero-order valence-corrected chi connectivity index (χ0v) is 10.3. The van der Waals surface area contributed by atoms with E-state index in [0.717, 1.165) is 28.2 Å². The summed E-state index contributed by atoms with van der Waals surface area (Å²) >= 11 is 0. The Balaban J connectivity index is 2.15. The summed E-state index contributed by atoms with van der Waals surface area (Å²) in [6.45, 7) is 2.01. The topological polar surface area (TPSA) is 49.7 Å². The quantitative estimate of drug-likeness (QED) is 0.869. The second-order valence-electron chi connectivity index (χ2n) is 4.15. The van der Waals surface area contributed by atoms with Crippen LogP contribution in [0.4, 0.5) is 0 Å². The van der Waals surface area contributed by atoms with Crippen LogP contribution < -0.4 is 4.74 Å². The highest BCUT2D eigenvalue weighted by Gasteiger charge is 2.01. The molecule has 2 aromatic carbocycles. The number of benzene rings is 2. The van der Waals surface area contributed by atoms with Crippen molar-refractivity contribution in [2.24, 2.45) is 0 Å². The van der Waals surface area contributed by atoms with Gasteiger partial charge in [0.25, 0.3) is 0 Å². The molecule has 0 aromatic heterocycles. The number of aliphatic hydroxyl groups is 2. The molecular formula is C15H16O3. The fourth-order valence-corrected chi connectivity index (χ4v) is 1.71. The molecule has 0 saturated heterocycles. The van der Waals surface area contributed by atoms with Crippen LogP contribution in [-0.4, -0.2) is 10.2 Å². The molecule has 3 heteroatoms. The lowest BCUT2D eigenvalue weighted by Crippen LogP contribution is -1.91. The van der Waals surface area contributed by atoms with Gasteiger partial charge in [0.05, 0.1) is 13.2 Å². The van der Waals surface area contributed by atoms with Crippen LogP contribution in [0.25, 0.3) is 0 Å². The van der Waals surface area contributed by atoms with E-state index in [1.165, 1.54) is 0 Å². The summed E-state index contributed by atoms with van der Waals surface area (Å²) in [6, 6.07) is 12.9.